The monoisotopic (exact) mass is 191 g/mol. The third kappa shape index (κ3) is 3.59. The third-order valence-corrected chi connectivity index (χ3v) is 1.53. The minimum atomic E-state index is -1.13. The molecular formula is C12H17NO. The second kappa shape index (κ2) is 6.17. The molecule has 0 saturated carbocycles. The van der Waals surface area contributed by atoms with Gasteiger partial charge in [-0.2, -0.15) is 0 Å². The van der Waals surface area contributed by atoms with Crippen LogP contribution in [0.3, 0.4) is 0 Å². The van der Waals surface area contributed by atoms with E-state index in [0.29, 0.717) is 5.69 Å². The molecule has 14 heavy (non-hydrogen) atoms. The Morgan fingerprint density at radius 2 is 2.00 bits per heavy atom. The van der Waals surface area contributed by atoms with Crippen molar-refractivity contribution in [3.63, 3.8) is 0 Å². The van der Waals surface area contributed by atoms with Crippen LogP contribution in [0.5, 0.6) is 0 Å². The van der Waals surface area contributed by atoms with Crippen molar-refractivity contribution >= 4 is 0 Å². The average molecular weight is 191 g/mol. The normalized spacial score (nSPS) is 12.6. The molecule has 2 heteroatoms. The van der Waals surface area contributed by atoms with Crippen molar-refractivity contribution in [1.82, 2.24) is 4.98 Å². The maximum Gasteiger partial charge on any atom is 0.164 e. The lowest BCUT2D eigenvalue weighted by molar-refractivity contribution is 0.117. The van der Waals surface area contributed by atoms with Gasteiger partial charge in [0.05, 0.1) is 5.69 Å². The summed E-state index contributed by atoms with van der Waals surface area (Å²) in [6.45, 7) is 7.32. The molecular weight excluding hydrogens is 174 g/mol. The van der Waals surface area contributed by atoms with Crippen LogP contribution in [0.2, 0.25) is 0 Å². The largest absolute Gasteiger partial charge is 0.372 e. The van der Waals surface area contributed by atoms with Crippen LogP contribution >= 0.6 is 0 Å². The number of nitrogens with zero attached hydrogens (tertiary/aromatic N) is 1. The van der Waals surface area contributed by atoms with Crippen LogP contribution in [-0.2, 0) is 5.60 Å². The van der Waals surface area contributed by atoms with Crippen molar-refractivity contribution in [1.29, 1.82) is 0 Å². The van der Waals surface area contributed by atoms with E-state index < -0.39 is 5.60 Å². The van der Waals surface area contributed by atoms with Gasteiger partial charge in [-0.1, -0.05) is 25.8 Å². The number of hydrogen-bond acceptors (Lipinski definition) is 2. The van der Waals surface area contributed by atoms with Crippen molar-refractivity contribution < 1.29 is 5.11 Å². The van der Waals surface area contributed by atoms with Crippen LogP contribution in [0.1, 0.15) is 33.4 Å². The van der Waals surface area contributed by atoms with E-state index in [4.69, 9.17) is 0 Å². The molecule has 1 aromatic heterocycles. The van der Waals surface area contributed by atoms with Gasteiger partial charge in [-0.25, -0.2) is 0 Å². The highest BCUT2D eigenvalue weighted by Gasteiger charge is 2.20. The predicted octanol–water partition coefficient (Wildman–Crippen LogP) is 2.34. The van der Waals surface area contributed by atoms with E-state index in [2.05, 4.69) is 16.8 Å². The molecule has 0 aromatic carbocycles. The Morgan fingerprint density at radius 1 is 1.36 bits per heavy atom. The maximum absolute atomic E-state index is 9.75. The van der Waals surface area contributed by atoms with Gasteiger partial charge in [0.25, 0.3) is 0 Å². The fourth-order valence-corrected chi connectivity index (χ4v) is 0.958. The summed E-state index contributed by atoms with van der Waals surface area (Å²) in [4.78, 5) is 4.02. The highest BCUT2D eigenvalue weighted by atomic mass is 16.3. The van der Waals surface area contributed by atoms with Gasteiger partial charge in [-0.3, -0.25) is 4.98 Å². The van der Waals surface area contributed by atoms with E-state index in [0.717, 1.165) is 0 Å². The van der Waals surface area contributed by atoms with E-state index in [-0.39, 0.29) is 0 Å². The van der Waals surface area contributed by atoms with Crippen LogP contribution in [-0.4, -0.2) is 10.1 Å². The highest BCUT2D eigenvalue weighted by Crippen LogP contribution is 2.15. The van der Waals surface area contributed by atoms with E-state index >= 15 is 0 Å². The Morgan fingerprint density at radius 3 is 2.43 bits per heavy atom. The zero-order valence-electron chi connectivity index (χ0n) is 9.20. The Kier molecular flexibility index (Phi) is 5.59. The van der Waals surface area contributed by atoms with Crippen molar-refractivity contribution in [3.05, 3.63) is 30.1 Å². The molecule has 1 rings (SSSR count). The van der Waals surface area contributed by atoms with Gasteiger partial charge < -0.3 is 5.11 Å². The van der Waals surface area contributed by atoms with E-state index in [1.54, 1.807) is 32.2 Å². The number of hydrogen-bond donors (Lipinski definition) is 1. The van der Waals surface area contributed by atoms with Crippen molar-refractivity contribution in [3.8, 4) is 11.8 Å². The average Bonchev–Trinajstić information content (AvgIpc) is 2.22. The summed E-state index contributed by atoms with van der Waals surface area (Å²) in [7, 11) is 0. The molecule has 76 valence electrons. The van der Waals surface area contributed by atoms with Crippen LogP contribution in [0.4, 0.5) is 0 Å². The highest BCUT2D eigenvalue weighted by molar-refractivity contribution is 5.23. The molecule has 0 bridgehead atoms. The zero-order valence-corrected chi connectivity index (χ0v) is 9.20. The predicted molar refractivity (Wildman–Crippen MR) is 58.6 cm³/mol. The number of pyridine rings is 1. The maximum atomic E-state index is 9.75. The second-order valence-corrected chi connectivity index (χ2v) is 2.66. The van der Waals surface area contributed by atoms with Crippen LogP contribution in [0, 0.1) is 11.8 Å². The van der Waals surface area contributed by atoms with Crippen molar-refractivity contribution in [2.45, 2.75) is 33.3 Å². The van der Waals surface area contributed by atoms with Gasteiger partial charge in [0, 0.05) is 6.20 Å². The molecule has 0 aliphatic heterocycles. The summed E-state index contributed by atoms with van der Waals surface area (Å²) in [5, 5.41) is 9.75. The second-order valence-electron chi connectivity index (χ2n) is 2.66. The minimum absolute atomic E-state index is 0.583. The minimum Gasteiger partial charge on any atom is -0.372 e. The summed E-state index contributed by atoms with van der Waals surface area (Å²) < 4.78 is 0. The lowest BCUT2D eigenvalue weighted by atomic mass is 10.0. The van der Waals surface area contributed by atoms with Gasteiger partial charge in [-0.05, 0) is 26.0 Å². The Labute approximate surface area is 86.0 Å². The standard InChI is InChI=1S/C10H11NO.C2H6/c1-3-7-10(2,12)9-6-4-5-8-11-9;1-2/h4-6,8,12H,1-2H3;1-2H3. The van der Waals surface area contributed by atoms with Crippen LogP contribution in [0.25, 0.3) is 0 Å². The number of aliphatic hydroxyl groups is 1. The Hall–Kier alpha value is -1.33. The zero-order chi connectivity index (χ0) is 11.0. The first-order chi connectivity index (χ1) is 6.67. The van der Waals surface area contributed by atoms with Gasteiger partial charge >= 0.3 is 0 Å². The number of rotatable bonds is 1. The molecule has 0 saturated heterocycles. The molecule has 1 heterocycles. The molecule has 2 nitrogen and oxygen atoms in total. The van der Waals surface area contributed by atoms with E-state index in [1.165, 1.54) is 0 Å². The first-order valence-electron chi connectivity index (χ1n) is 4.74. The fourth-order valence-electron chi connectivity index (χ4n) is 0.958. The smallest absolute Gasteiger partial charge is 0.164 e. The molecule has 1 N–H and O–H groups in total. The van der Waals surface area contributed by atoms with E-state index in [1.807, 2.05) is 19.9 Å². The molecule has 0 spiro atoms. The van der Waals surface area contributed by atoms with Crippen LogP contribution in [0.15, 0.2) is 24.4 Å². The number of aromatic nitrogens is 1. The van der Waals surface area contributed by atoms with E-state index in [9.17, 15) is 5.11 Å². The first kappa shape index (κ1) is 12.7. The third-order valence-electron chi connectivity index (χ3n) is 1.53. The summed E-state index contributed by atoms with van der Waals surface area (Å²) >= 11 is 0. The summed E-state index contributed by atoms with van der Waals surface area (Å²) in [5.41, 5.74) is -0.546. The first-order valence-corrected chi connectivity index (χ1v) is 4.74. The molecule has 0 aliphatic rings. The Bertz CT molecular complexity index is 306. The summed E-state index contributed by atoms with van der Waals surface area (Å²) in [6, 6.07) is 5.39. The molecule has 1 aromatic rings. The van der Waals surface area contributed by atoms with Gasteiger partial charge in [0.2, 0.25) is 0 Å². The van der Waals surface area contributed by atoms with Gasteiger partial charge in [-0.15, -0.1) is 5.92 Å². The van der Waals surface area contributed by atoms with Gasteiger partial charge in [0.15, 0.2) is 5.60 Å². The lowest BCUT2D eigenvalue weighted by Gasteiger charge is -2.14. The molecule has 0 fully saturated rings. The molecule has 1 unspecified atom stereocenters. The Balaban J connectivity index is 0.000000791. The van der Waals surface area contributed by atoms with Crippen LogP contribution < -0.4 is 0 Å². The van der Waals surface area contributed by atoms with Crippen molar-refractivity contribution in [2.24, 2.45) is 0 Å². The lowest BCUT2D eigenvalue weighted by Crippen LogP contribution is -2.19. The summed E-state index contributed by atoms with van der Waals surface area (Å²) in [6.07, 6.45) is 1.64. The SMILES string of the molecule is CC.CC#CC(C)(O)c1ccccn1. The van der Waals surface area contributed by atoms with Gasteiger partial charge in [0.1, 0.15) is 0 Å². The molecule has 0 amide bonds. The molecule has 0 radical (unpaired) electrons. The summed E-state index contributed by atoms with van der Waals surface area (Å²) in [5.74, 6) is 5.35. The molecule has 1 atom stereocenters. The fraction of sp³-hybridized carbons (Fsp3) is 0.417. The quantitative estimate of drug-likeness (QED) is 0.691. The molecule has 0 aliphatic carbocycles. The van der Waals surface area contributed by atoms with Crippen molar-refractivity contribution in [2.75, 3.05) is 0 Å². The topological polar surface area (TPSA) is 33.1 Å².